The lowest BCUT2D eigenvalue weighted by Crippen LogP contribution is -3.00. The van der Waals surface area contributed by atoms with Crippen LogP contribution >= 0.6 is 11.6 Å². The van der Waals surface area contributed by atoms with Crippen LogP contribution in [0.4, 0.5) is 5.95 Å². The zero-order valence-electron chi connectivity index (χ0n) is 10.2. The molecule has 0 aliphatic heterocycles. The molecule has 2 rings (SSSR count). The highest BCUT2D eigenvalue weighted by molar-refractivity contribution is 6.30. The second-order valence-corrected chi connectivity index (χ2v) is 4.39. The van der Waals surface area contributed by atoms with Crippen molar-refractivity contribution < 1.29 is 12.4 Å². The van der Waals surface area contributed by atoms with Crippen LogP contribution in [0.5, 0.6) is 0 Å². The Balaban J connectivity index is 0.00000162. The molecular formula is C13H14Cl2N3-. The first-order valence-corrected chi connectivity index (χ1v) is 5.82. The summed E-state index contributed by atoms with van der Waals surface area (Å²) in [5, 5.41) is 3.94. The van der Waals surface area contributed by atoms with E-state index in [-0.39, 0.29) is 12.4 Å². The van der Waals surface area contributed by atoms with Gasteiger partial charge in [-0.3, -0.25) is 0 Å². The van der Waals surface area contributed by atoms with Crippen molar-refractivity contribution in [2.24, 2.45) is 0 Å². The highest BCUT2D eigenvalue weighted by atomic mass is 35.5. The quantitative estimate of drug-likeness (QED) is 0.884. The van der Waals surface area contributed by atoms with E-state index in [1.54, 1.807) is 0 Å². The van der Waals surface area contributed by atoms with Crippen molar-refractivity contribution in [1.29, 1.82) is 0 Å². The van der Waals surface area contributed by atoms with Crippen molar-refractivity contribution in [2.45, 2.75) is 20.4 Å². The minimum atomic E-state index is 0. The van der Waals surface area contributed by atoms with Gasteiger partial charge >= 0.3 is 0 Å². The first kappa shape index (κ1) is 14.7. The molecule has 0 radical (unpaired) electrons. The maximum absolute atomic E-state index is 5.83. The molecule has 1 aromatic heterocycles. The van der Waals surface area contributed by atoms with Gasteiger partial charge in [0.2, 0.25) is 5.95 Å². The van der Waals surface area contributed by atoms with Crippen molar-refractivity contribution in [1.82, 2.24) is 9.97 Å². The summed E-state index contributed by atoms with van der Waals surface area (Å²) in [7, 11) is 0. The summed E-state index contributed by atoms with van der Waals surface area (Å²) in [6.07, 6.45) is 0. The van der Waals surface area contributed by atoms with Gasteiger partial charge in [-0.05, 0) is 37.6 Å². The number of rotatable bonds is 3. The lowest BCUT2D eigenvalue weighted by molar-refractivity contribution is -0.00000377. The fourth-order valence-electron chi connectivity index (χ4n) is 1.59. The largest absolute Gasteiger partial charge is 1.00 e. The van der Waals surface area contributed by atoms with Gasteiger partial charge in [-0.1, -0.05) is 23.7 Å². The lowest BCUT2D eigenvalue weighted by atomic mass is 10.2. The molecule has 1 heterocycles. The van der Waals surface area contributed by atoms with Crippen molar-refractivity contribution in [2.75, 3.05) is 5.32 Å². The molecule has 18 heavy (non-hydrogen) atoms. The second kappa shape index (κ2) is 6.57. The Labute approximate surface area is 118 Å². The van der Waals surface area contributed by atoms with Crippen LogP contribution in [0.15, 0.2) is 30.3 Å². The Morgan fingerprint density at radius 3 is 2.17 bits per heavy atom. The summed E-state index contributed by atoms with van der Waals surface area (Å²) in [6, 6.07) is 9.67. The van der Waals surface area contributed by atoms with Gasteiger partial charge in [0, 0.05) is 23.0 Å². The van der Waals surface area contributed by atoms with Gasteiger partial charge in [-0.15, -0.1) is 0 Å². The molecule has 1 aromatic carbocycles. The van der Waals surface area contributed by atoms with E-state index in [1.165, 1.54) is 0 Å². The molecule has 0 amide bonds. The Morgan fingerprint density at radius 2 is 1.61 bits per heavy atom. The highest BCUT2D eigenvalue weighted by Crippen LogP contribution is 2.11. The van der Waals surface area contributed by atoms with E-state index in [0.717, 1.165) is 22.0 Å². The summed E-state index contributed by atoms with van der Waals surface area (Å²) < 4.78 is 0. The van der Waals surface area contributed by atoms with Crippen molar-refractivity contribution >= 4 is 17.5 Å². The molecule has 0 spiro atoms. The number of benzene rings is 1. The van der Waals surface area contributed by atoms with E-state index < -0.39 is 0 Å². The van der Waals surface area contributed by atoms with Crippen LogP contribution in [-0.2, 0) is 6.54 Å². The maximum atomic E-state index is 5.83. The standard InChI is InChI=1S/C13H14ClN3.ClH/c1-9-7-10(2)17-13(16-9)15-8-11-3-5-12(14)6-4-11;/h3-7H,8H2,1-2H3,(H,15,16,17);1H/p-1. The summed E-state index contributed by atoms with van der Waals surface area (Å²) in [4.78, 5) is 8.64. The first-order chi connectivity index (χ1) is 8.13. The topological polar surface area (TPSA) is 37.8 Å². The van der Waals surface area contributed by atoms with E-state index in [4.69, 9.17) is 11.6 Å². The van der Waals surface area contributed by atoms with Gasteiger partial charge in [-0.25, -0.2) is 9.97 Å². The minimum Gasteiger partial charge on any atom is -1.00 e. The SMILES string of the molecule is Cc1cc(C)nc(NCc2ccc(Cl)cc2)n1.[Cl-]. The van der Waals surface area contributed by atoms with Crippen LogP contribution in [0.3, 0.4) is 0 Å². The van der Waals surface area contributed by atoms with Gasteiger partial charge in [0.25, 0.3) is 0 Å². The van der Waals surface area contributed by atoms with Gasteiger partial charge in [0.05, 0.1) is 0 Å². The Bertz CT molecular complexity index is 492. The van der Waals surface area contributed by atoms with Crippen LogP contribution in [0, 0.1) is 13.8 Å². The molecule has 1 N–H and O–H groups in total. The number of aryl methyl sites for hydroxylation is 2. The number of nitrogens with one attached hydrogen (secondary N) is 1. The maximum Gasteiger partial charge on any atom is 0.223 e. The average Bonchev–Trinajstić information content (AvgIpc) is 2.27. The Kier molecular flexibility index (Phi) is 5.38. The molecule has 0 saturated carbocycles. The molecule has 3 nitrogen and oxygen atoms in total. The molecule has 0 atom stereocenters. The Hall–Kier alpha value is -1.32. The lowest BCUT2D eigenvalue weighted by Gasteiger charge is -2.06. The van der Waals surface area contributed by atoms with E-state index in [1.807, 2.05) is 44.2 Å². The van der Waals surface area contributed by atoms with E-state index in [0.29, 0.717) is 12.5 Å². The molecule has 2 aromatic rings. The smallest absolute Gasteiger partial charge is 0.223 e. The number of anilines is 1. The van der Waals surface area contributed by atoms with Gasteiger partial charge in [-0.2, -0.15) is 0 Å². The number of halogens is 2. The fourth-order valence-corrected chi connectivity index (χ4v) is 1.71. The van der Waals surface area contributed by atoms with E-state index >= 15 is 0 Å². The fraction of sp³-hybridized carbons (Fsp3) is 0.231. The second-order valence-electron chi connectivity index (χ2n) is 3.95. The van der Waals surface area contributed by atoms with Crippen molar-refractivity contribution in [3.05, 3.63) is 52.3 Å². The van der Waals surface area contributed by atoms with E-state index in [2.05, 4.69) is 15.3 Å². The third-order valence-electron chi connectivity index (χ3n) is 2.35. The molecule has 0 unspecified atom stereocenters. The monoisotopic (exact) mass is 282 g/mol. The molecule has 0 saturated heterocycles. The third-order valence-corrected chi connectivity index (χ3v) is 2.60. The Morgan fingerprint density at radius 1 is 1.06 bits per heavy atom. The van der Waals surface area contributed by atoms with Crippen LogP contribution in [0.1, 0.15) is 17.0 Å². The van der Waals surface area contributed by atoms with Crippen LogP contribution in [0.2, 0.25) is 5.02 Å². The van der Waals surface area contributed by atoms with Gasteiger partial charge < -0.3 is 17.7 Å². The highest BCUT2D eigenvalue weighted by Gasteiger charge is 1.99. The molecule has 0 fully saturated rings. The van der Waals surface area contributed by atoms with E-state index in [9.17, 15) is 0 Å². The molecule has 0 aliphatic carbocycles. The zero-order valence-corrected chi connectivity index (χ0v) is 11.8. The third kappa shape index (κ3) is 4.17. The first-order valence-electron chi connectivity index (χ1n) is 5.44. The normalized spacial score (nSPS) is 9.72. The minimum absolute atomic E-state index is 0. The molecule has 5 heteroatoms. The van der Waals surface area contributed by atoms with Crippen LogP contribution < -0.4 is 17.7 Å². The number of nitrogens with zero attached hydrogens (tertiary/aromatic N) is 2. The summed E-state index contributed by atoms with van der Waals surface area (Å²) in [6.45, 7) is 4.62. The molecular weight excluding hydrogens is 269 g/mol. The number of hydrogen-bond donors (Lipinski definition) is 1. The average molecular weight is 283 g/mol. The van der Waals surface area contributed by atoms with Crippen LogP contribution in [-0.4, -0.2) is 9.97 Å². The number of aromatic nitrogens is 2. The summed E-state index contributed by atoms with van der Waals surface area (Å²) >= 11 is 5.83. The van der Waals surface area contributed by atoms with Crippen molar-refractivity contribution in [3.8, 4) is 0 Å². The number of hydrogen-bond acceptors (Lipinski definition) is 3. The predicted molar refractivity (Wildman–Crippen MR) is 70.3 cm³/mol. The zero-order chi connectivity index (χ0) is 12.3. The molecule has 0 aliphatic rings. The van der Waals surface area contributed by atoms with Crippen molar-refractivity contribution in [3.63, 3.8) is 0 Å². The summed E-state index contributed by atoms with van der Waals surface area (Å²) in [5.74, 6) is 0.664. The van der Waals surface area contributed by atoms with Gasteiger partial charge in [0.15, 0.2) is 0 Å². The van der Waals surface area contributed by atoms with Crippen LogP contribution in [0.25, 0.3) is 0 Å². The molecule has 0 bridgehead atoms. The molecule has 96 valence electrons. The summed E-state index contributed by atoms with van der Waals surface area (Å²) in [5.41, 5.74) is 3.09. The van der Waals surface area contributed by atoms with Gasteiger partial charge in [0.1, 0.15) is 0 Å². The predicted octanol–water partition coefficient (Wildman–Crippen LogP) is 0.363.